The van der Waals surface area contributed by atoms with E-state index in [-0.39, 0.29) is 11.8 Å². The van der Waals surface area contributed by atoms with E-state index in [2.05, 4.69) is 15.3 Å². The summed E-state index contributed by atoms with van der Waals surface area (Å²) in [4.78, 5) is 19.2. The lowest BCUT2D eigenvalue weighted by Crippen LogP contribution is -2.44. The van der Waals surface area contributed by atoms with Crippen LogP contribution in [0.15, 0.2) is 18.2 Å². The molecule has 1 aromatic carbocycles. The van der Waals surface area contributed by atoms with Gasteiger partial charge in [0.15, 0.2) is 0 Å². The van der Waals surface area contributed by atoms with Gasteiger partial charge in [0, 0.05) is 0 Å². The van der Waals surface area contributed by atoms with Crippen LogP contribution in [0.4, 0.5) is 10.3 Å². The molecule has 2 N–H and O–H groups in total. The number of esters is 1. The number of imidazole rings is 1. The Bertz CT molecular complexity index is 626. The van der Waals surface area contributed by atoms with Crippen molar-refractivity contribution in [3.8, 4) is 0 Å². The number of aromatic nitrogens is 2. The molecule has 2 rings (SSSR count). The summed E-state index contributed by atoms with van der Waals surface area (Å²) in [6, 6.07) is 4.29. The zero-order chi connectivity index (χ0) is 14.8. The largest absolute Gasteiger partial charge is 0.467 e. The zero-order valence-electron chi connectivity index (χ0n) is 11.8. The van der Waals surface area contributed by atoms with Crippen molar-refractivity contribution < 1.29 is 13.9 Å². The average molecular weight is 279 g/mol. The zero-order valence-corrected chi connectivity index (χ0v) is 11.8. The van der Waals surface area contributed by atoms with Gasteiger partial charge < -0.3 is 15.0 Å². The lowest BCUT2D eigenvalue weighted by atomic mass is 9.96. The van der Waals surface area contributed by atoms with E-state index >= 15 is 0 Å². The van der Waals surface area contributed by atoms with Gasteiger partial charge in [0.25, 0.3) is 0 Å². The molecule has 0 aliphatic rings. The Morgan fingerprint density at radius 3 is 2.95 bits per heavy atom. The van der Waals surface area contributed by atoms with Gasteiger partial charge in [0.05, 0.1) is 18.1 Å². The summed E-state index contributed by atoms with van der Waals surface area (Å²) < 4.78 is 18.0. The molecular formula is C14H18FN3O2. The van der Waals surface area contributed by atoms with E-state index in [1.165, 1.54) is 19.2 Å². The third kappa shape index (κ3) is 2.74. The van der Waals surface area contributed by atoms with Crippen LogP contribution in [0.25, 0.3) is 11.0 Å². The van der Waals surface area contributed by atoms with E-state index < -0.39 is 5.54 Å². The number of aromatic amines is 1. The van der Waals surface area contributed by atoms with Crippen LogP contribution in [0, 0.1) is 5.82 Å². The second-order valence-electron chi connectivity index (χ2n) is 4.95. The fourth-order valence-electron chi connectivity index (χ4n) is 2.24. The number of benzene rings is 1. The summed E-state index contributed by atoms with van der Waals surface area (Å²) in [6.07, 6.45) is 1.42. The number of carbonyl (C=O) groups is 1. The molecule has 5 nitrogen and oxygen atoms in total. The van der Waals surface area contributed by atoms with E-state index in [9.17, 15) is 9.18 Å². The molecule has 1 heterocycles. The maximum Gasteiger partial charge on any atom is 0.331 e. The third-order valence-corrected chi connectivity index (χ3v) is 3.22. The highest BCUT2D eigenvalue weighted by Gasteiger charge is 2.34. The van der Waals surface area contributed by atoms with Crippen LogP contribution in [0.1, 0.15) is 26.7 Å². The Morgan fingerprint density at radius 1 is 1.55 bits per heavy atom. The lowest BCUT2D eigenvalue weighted by molar-refractivity contribution is -0.145. The smallest absolute Gasteiger partial charge is 0.331 e. The first-order valence-electron chi connectivity index (χ1n) is 6.50. The molecule has 0 spiro atoms. The molecule has 0 aliphatic heterocycles. The van der Waals surface area contributed by atoms with Crippen LogP contribution < -0.4 is 5.32 Å². The number of nitrogens with one attached hydrogen (secondary N) is 2. The number of fused-ring (bicyclic) bond motifs is 1. The molecule has 0 fully saturated rings. The summed E-state index contributed by atoms with van der Waals surface area (Å²) in [7, 11) is 1.35. The first kappa shape index (κ1) is 14.3. The van der Waals surface area contributed by atoms with Crippen LogP contribution in [-0.2, 0) is 9.53 Å². The summed E-state index contributed by atoms with van der Waals surface area (Å²) in [5.74, 6) is -0.269. The number of H-pyrrole nitrogens is 1. The van der Waals surface area contributed by atoms with Crippen molar-refractivity contribution in [1.82, 2.24) is 9.97 Å². The number of nitrogens with zero attached hydrogens (tertiary/aromatic N) is 1. The van der Waals surface area contributed by atoms with Gasteiger partial charge in [-0.15, -0.1) is 0 Å². The van der Waals surface area contributed by atoms with E-state index in [1.807, 2.05) is 6.92 Å². The lowest BCUT2D eigenvalue weighted by Gasteiger charge is -2.27. The van der Waals surface area contributed by atoms with E-state index in [4.69, 9.17) is 4.74 Å². The molecule has 0 aliphatic carbocycles. The van der Waals surface area contributed by atoms with E-state index in [0.717, 1.165) is 6.42 Å². The summed E-state index contributed by atoms with van der Waals surface area (Å²) in [5, 5.41) is 3.05. The van der Waals surface area contributed by atoms with Crippen molar-refractivity contribution in [2.45, 2.75) is 32.2 Å². The Kier molecular flexibility index (Phi) is 3.92. The second kappa shape index (κ2) is 5.48. The highest BCUT2D eigenvalue weighted by molar-refractivity contribution is 5.84. The first-order valence-corrected chi connectivity index (χ1v) is 6.50. The minimum atomic E-state index is -0.865. The predicted molar refractivity (Wildman–Crippen MR) is 75.0 cm³/mol. The van der Waals surface area contributed by atoms with Crippen molar-refractivity contribution >= 4 is 23.0 Å². The van der Waals surface area contributed by atoms with Gasteiger partial charge in [-0.25, -0.2) is 14.2 Å². The molecule has 20 heavy (non-hydrogen) atoms. The Labute approximate surface area is 116 Å². The molecule has 0 bridgehead atoms. The molecule has 6 heteroatoms. The Hall–Kier alpha value is -2.11. The SMILES string of the molecule is CCCC(C)(Nc1nc2ccc(F)cc2[nH]1)C(=O)OC. The number of halogens is 1. The number of hydrogen-bond acceptors (Lipinski definition) is 4. The Balaban J connectivity index is 2.30. The molecular weight excluding hydrogens is 261 g/mol. The van der Waals surface area contributed by atoms with Crippen LogP contribution >= 0.6 is 0 Å². The average Bonchev–Trinajstić information content (AvgIpc) is 2.78. The van der Waals surface area contributed by atoms with Crippen molar-refractivity contribution in [2.75, 3.05) is 12.4 Å². The van der Waals surface area contributed by atoms with Crippen molar-refractivity contribution in [3.63, 3.8) is 0 Å². The third-order valence-electron chi connectivity index (χ3n) is 3.22. The number of carbonyl (C=O) groups excluding carboxylic acids is 1. The number of methoxy groups -OCH3 is 1. The van der Waals surface area contributed by atoms with Gasteiger partial charge in [-0.05, 0) is 31.5 Å². The summed E-state index contributed by atoms with van der Waals surface area (Å²) >= 11 is 0. The molecule has 2 aromatic rings. The van der Waals surface area contributed by atoms with E-state index in [0.29, 0.717) is 23.4 Å². The standard InChI is InChI=1S/C14H18FN3O2/c1-4-7-14(2,12(19)20-3)18-13-16-10-6-5-9(15)8-11(10)17-13/h5-6,8H,4,7H2,1-3H3,(H2,16,17,18). The van der Waals surface area contributed by atoms with Crippen LogP contribution in [0.5, 0.6) is 0 Å². The number of anilines is 1. The topological polar surface area (TPSA) is 67.0 Å². The highest BCUT2D eigenvalue weighted by atomic mass is 19.1. The van der Waals surface area contributed by atoms with Crippen LogP contribution in [0.2, 0.25) is 0 Å². The first-order chi connectivity index (χ1) is 9.48. The predicted octanol–water partition coefficient (Wildman–Crippen LogP) is 2.85. The van der Waals surface area contributed by atoms with Gasteiger partial charge in [0.2, 0.25) is 5.95 Å². The fourth-order valence-corrected chi connectivity index (χ4v) is 2.24. The van der Waals surface area contributed by atoms with E-state index in [1.54, 1.807) is 13.0 Å². The van der Waals surface area contributed by atoms with Crippen LogP contribution in [-0.4, -0.2) is 28.6 Å². The molecule has 1 unspecified atom stereocenters. The fraction of sp³-hybridized carbons (Fsp3) is 0.429. The van der Waals surface area contributed by atoms with Gasteiger partial charge in [0.1, 0.15) is 11.4 Å². The van der Waals surface area contributed by atoms with Crippen molar-refractivity contribution in [3.05, 3.63) is 24.0 Å². The van der Waals surface area contributed by atoms with Crippen molar-refractivity contribution in [1.29, 1.82) is 0 Å². The second-order valence-corrected chi connectivity index (χ2v) is 4.95. The van der Waals surface area contributed by atoms with Crippen molar-refractivity contribution in [2.24, 2.45) is 0 Å². The maximum atomic E-state index is 13.1. The van der Waals surface area contributed by atoms with Gasteiger partial charge in [-0.3, -0.25) is 0 Å². The molecule has 0 saturated heterocycles. The molecule has 1 aromatic heterocycles. The quantitative estimate of drug-likeness (QED) is 0.826. The molecule has 1 atom stereocenters. The normalized spacial score (nSPS) is 14.0. The molecule has 0 amide bonds. The summed E-state index contributed by atoms with van der Waals surface area (Å²) in [5.41, 5.74) is 0.351. The van der Waals surface area contributed by atoms with Crippen LogP contribution in [0.3, 0.4) is 0 Å². The number of rotatable bonds is 5. The van der Waals surface area contributed by atoms with Gasteiger partial charge >= 0.3 is 5.97 Å². The maximum absolute atomic E-state index is 13.1. The van der Waals surface area contributed by atoms with Gasteiger partial charge in [-0.1, -0.05) is 13.3 Å². The Morgan fingerprint density at radius 2 is 2.30 bits per heavy atom. The van der Waals surface area contributed by atoms with Gasteiger partial charge in [-0.2, -0.15) is 0 Å². The monoisotopic (exact) mass is 279 g/mol. The minimum absolute atomic E-state index is 0.336. The molecule has 108 valence electrons. The number of ether oxygens (including phenoxy) is 1. The highest BCUT2D eigenvalue weighted by Crippen LogP contribution is 2.22. The molecule has 0 saturated carbocycles. The minimum Gasteiger partial charge on any atom is -0.467 e. The molecule has 0 radical (unpaired) electrons. The number of hydrogen-bond donors (Lipinski definition) is 2. The summed E-state index contributed by atoms with van der Waals surface area (Å²) in [6.45, 7) is 3.74.